The molecule has 2 nitrogen and oxygen atoms in total. The third kappa shape index (κ3) is 2.87. The van der Waals surface area contributed by atoms with E-state index < -0.39 is 0 Å². The molecule has 0 rings (SSSR count). The molecule has 0 aromatic carbocycles. The Morgan fingerprint density at radius 3 is 1.67 bits per heavy atom. The summed E-state index contributed by atoms with van der Waals surface area (Å²) < 4.78 is 0.405. The Balaban J connectivity index is 2.75. The fraction of sp³-hybridized carbons (Fsp3) is 1.00. The first-order valence-electron chi connectivity index (χ1n) is 1.80. The quantitative estimate of drug-likeness (QED) is 0.287. The third-order valence-corrected chi connectivity index (χ3v) is 1.75. The smallest absolute Gasteiger partial charge is 0.110 e. The van der Waals surface area contributed by atoms with E-state index in [1.807, 2.05) is 14.1 Å². The summed E-state index contributed by atoms with van der Waals surface area (Å²) in [6, 6.07) is 0. The van der Waals surface area contributed by atoms with Gasteiger partial charge in [-0.1, -0.05) is 0 Å². The maximum atomic E-state index is 2.99. The van der Waals surface area contributed by atoms with Crippen molar-refractivity contribution in [2.24, 2.45) is 0 Å². The van der Waals surface area contributed by atoms with Crippen molar-refractivity contribution in [3.05, 3.63) is 0 Å². The molecule has 0 saturated heterocycles. The molecule has 0 aromatic heterocycles. The van der Waals surface area contributed by atoms with Crippen molar-refractivity contribution in [2.45, 2.75) is 4.17 Å². The summed E-state index contributed by atoms with van der Waals surface area (Å²) >= 11 is 2.25. The van der Waals surface area contributed by atoms with Crippen LogP contribution >= 0.6 is 22.6 Å². The lowest BCUT2D eigenvalue weighted by molar-refractivity contribution is 0.680. The van der Waals surface area contributed by atoms with Gasteiger partial charge < -0.3 is 0 Å². The first-order valence-corrected chi connectivity index (χ1v) is 3.04. The minimum absolute atomic E-state index is 0.405. The molecule has 0 unspecified atom stereocenters. The summed E-state index contributed by atoms with van der Waals surface area (Å²) in [5, 5.41) is 5.98. The molecule has 0 fully saturated rings. The van der Waals surface area contributed by atoms with Gasteiger partial charge in [-0.15, -0.1) is 0 Å². The lowest BCUT2D eigenvalue weighted by Gasteiger charge is -2.02. The zero-order valence-corrected chi connectivity index (χ0v) is 6.11. The van der Waals surface area contributed by atoms with E-state index in [1.165, 1.54) is 0 Å². The molecular weight excluding hydrogens is 191 g/mol. The second-order valence-corrected chi connectivity index (χ2v) is 2.19. The van der Waals surface area contributed by atoms with E-state index in [9.17, 15) is 0 Å². The molecule has 0 saturated carbocycles. The highest BCUT2D eigenvalue weighted by Gasteiger charge is 1.87. The largest absolute Gasteiger partial charge is 0.297 e. The number of alkyl halides is 1. The summed E-state index contributed by atoms with van der Waals surface area (Å²) in [5.41, 5.74) is 0. The molecule has 0 aliphatic heterocycles. The van der Waals surface area contributed by atoms with Crippen LogP contribution in [0.5, 0.6) is 0 Å². The van der Waals surface area contributed by atoms with Gasteiger partial charge >= 0.3 is 0 Å². The summed E-state index contributed by atoms with van der Waals surface area (Å²) in [7, 11) is 3.82. The van der Waals surface area contributed by atoms with E-state index in [-0.39, 0.29) is 0 Å². The van der Waals surface area contributed by atoms with Crippen LogP contribution in [0.4, 0.5) is 0 Å². The number of rotatable bonds is 2. The van der Waals surface area contributed by atoms with E-state index >= 15 is 0 Å². The van der Waals surface area contributed by atoms with Gasteiger partial charge in [-0.25, -0.2) is 0 Å². The lowest BCUT2D eigenvalue weighted by Crippen LogP contribution is -2.30. The summed E-state index contributed by atoms with van der Waals surface area (Å²) in [6.07, 6.45) is 0. The van der Waals surface area contributed by atoms with Crippen molar-refractivity contribution in [1.82, 2.24) is 10.6 Å². The Morgan fingerprint density at radius 2 is 1.67 bits per heavy atom. The van der Waals surface area contributed by atoms with Crippen molar-refractivity contribution in [2.75, 3.05) is 14.1 Å². The van der Waals surface area contributed by atoms with Gasteiger partial charge in [-0.3, -0.25) is 10.6 Å². The van der Waals surface area contributed by atoms with Crippen LogP contribution in [0.15, 0.2) is 0 Å². The number of hydrogen-bond acceptors (Lipinski definition) is 2. The molecule has 0 aliphatic rings. The summed E-state index contributed by atoms with van der Waals surface area (Å²) in [6.45, 7) is 0. The van der Waals surface area contributed by atoms with Crippen LogP contribution in [0, 0.1) is 0 Å². The maximum absolute atomic E-state index is 2.99. The maximum Gasteiger partial charge on any atom is 0.110 e. The first kappa shape index (κ1) is 6.65. The summed E-state index contributed by atoms with van der Waals surface area (Å²) in [4.78, 5) is 0. The second kappa shape index (κ2) is 3.83. The molecular formula is C3H9IN2. The van der Waals surface area contributed by atoms with Gasteiger partial charge in [0, 0.05) is 0 Å². The molecule has 0 aliphatic carbocycles. The van der Waals surface area contributed by atoms with Gasteiger partial charge in [0.15, 0.2) is 0 Å². The zero-order valence-electron chi connectivity index (χ0n) is 3.96. The van der Waals surface area contributed by atoms with Crippen LogP contribution in [0.3, 0.4) is 0 Å². The fourth-order valence-electron chi connectivity index (χ4n) is 0.144. The molecule has 0 heterocycles. The third-order valence-electron chi connectivity index (χ3n) is 0.507. The van der Waals surface area contributed by atoms with E-state index in [0.717, 1.165) is 0 Å². The van der Waals surface area contributed by atoms with Crippen LogP contribution in [0.1, 0.15) is 0 Å². The predicted octanol–water partition coefficient (Wildman–Crippen LogP) is 0.144. The molecule has 2 N–H and O–H groups in total. The van der Waals surface area contributed by atoms with Gasteiger partial charge in [0.25, 0.3) is 0 Å². The van der Waals surface area contributed by atoms with Crippen LogP contribution in [0.2, 0.25) is 0 Å². The van der Waals surface area contributed by atoms with Gasteiger partial charge in [-0.05, 0) is 36.7 Å². The molecule has 0 radical (unpaired) electrons. The highest BCUT2D eigenvalue weighted by molar-refractivity contribution is 14.1. The topological polar surface area (TPSA) is 24.1 Å². The Bertz CT molecular complexity index is 28.0. The zero-order chi connectivity index (χ0) is 4.99. The SMILES string of the molecule is CNC(I)NC. The van der Waals surface area contributed by atoms with Gasteiger partial charge in [-0.2, -0.15) is 0 Å². The predicted molar refractivity (Wildman–Crippen MR) is 35.9 cm³/mol. The molecule has 38 valence electrons. The van der Waals surface area contributed by atoms with E-state index in [4.69, 9.17) is 0 Å². The van der Waals surface area contributed by atoms with Gasteiger partial charge in [0.2, 0.25) is 0 Å². The molecule has 6 heavy (non-hydrogen) atoms. The number of nitrogens with one attached hydrogen (secondary N) is 2. The second-order valence-electron chi connectivity index (χ2n) is 0.940. The van der Waals surface area contributed by atoms with Crippen molar-refractivity contribution in [3.63, 3.8) is 0 Å². The molecule has 0 aromatic rings. The van der Waals surface area contributed by atoms with Crippen LogP contribution in [-0.4, -0.2) is 18.3 Å². The minimum atomic E-state index is 0.405. The molecule has 0 amide bonds. The minimum Gasteiger partial charge on any atom is -0.297 e. The van der Waals surface area contributed by atoms with Gasteiger partial charge in [0.1, 0.15) is 4.17 Å². The highest BCUT2D eigenvalue weighted by Crippen LogP contribution is 1.83. The average Bonchev–Trinajstić information content (AvgIpc) is 1.65. The van der Waals surface area contributed by atoms with Crippen LogP contribution in [-0.2, 0) is 0 Å². The normalized spacial score (nSPS) is 10.0. The molecule has 0 atom stereocenters. The fourth-order valence-corrected chi connectivity index (χ4v) is 0.144. The Kier molecular flexibility index (Phi) is 4.24. The highest BCUT2D eigenvalue weighted by atomic mass is 127. The lowest BCUT2D eigenvalue weighted by atomic mass is 11.0. The number of halogens is 1. The number of hydrogen-bond donors (Lipinski definition) is 2. The van der Waals surface area contributed by atoms with E-state index in [2.05, 4.69) is 33.2 Å². The standard InChI is InChI=1S/C3H9IN2/c1-5-3(4)6-2/h3,5-6H,1-2H3. The Morgan fingerprint density at radius 1 is 1.33 bits per heavy atom. The van der Waals surface area contributed by atoms with Crippen LogP contribution in [0.25, 0.3) is 0 Å². The molecule has 0 bridgehead atoms. The Labute approximate surface area is 51.8 Å². The van der Waals surface area contributed by atoms with Gasteiger partial charge in [0.05, 0.1) is 0 Å². The first-order chi connectivity index (χ1) is 2.81. The molecule has 0 spiro atoms. The van der Waals surface area contributed by atoms with Crippen molar-refractivity contribution in [3.8, 4) is 0 Å². The van der Waals surface area contributed by atoms with E-state index in [1.54, 1.807) is 0 Å². The van der Waals surface area contributed by atoms with Crippen molar-refractivity contribution < 1.29 is 0 Å². The average molecular weight is 200 g/mol. The van der Waals surface area contributed by atoms with E-state index in [0.29, 0.717) is 4.17 Å². The van der Waals surface area contributed by atoms with Crippen LogP contribution < -0.4 is 10.6 Å². The molecule has 3 heteroatoms. The monoisotopic (exact) mass is 200 g/mol. The van der Waals surface area contributed by atoms with Crippen molar-refractivity contribution >= 4 is 22.6 Å². The van der Waals surface area contributed by atoms with Crippen molar-refractivity contribution in [1.29, 1.82) is 0 Å². The summed E-state index contributed by atoms with van der Waals surface area (Å²) in [5.74, 6) is 0. The Hall–Kier alpha value is 0.650.